The van der Waals surface area contributed by atoms with E-state index in [1.807, 2.05) is 6.92 Å². The molecule has 0 saturated heterocycles. The fourth-order valence-corrected chi connectivity index (χ4v) is 0.924. The molecule has 0 bridgehead atoms. The van der Waals surface area contributed by atoms with Crippen LogP contribution in [0, 0.1) is 0 Å². The molecule has 1 rings (SSSR count). The lowest BCUT2D eigenvalue weighted by atomic mass is 10.0. The number of alkyl halides is 1. The third-order valence-electron chi connectivity index (χ3n) is 1.94. The Bertz CT molecular complexity index is 255. The lowest BCUT2D eigenvalue weighted by molar-refractivity contribution is 0.203. The van der Waals surface area contributed by atoms with Gasteiger partial charge < -0.3 is 5.73 Å². The molecule has 68 valence electrons. The van der Waals surface area contributed by atoms with Gasteiger partial charge in [-0.25, -0.2) is 4.39 Å². The molecular weight excluding hydrogens is 157 g/mol. The van der Waals surface area contributed by atoms with Crippen molar-refractivity contribution in [1.82, 2.24) is 9.78 Å². The van der Waals surface area contributed by atoms with E-state index in [2.05, 4.69) is 5.10 Å². The maximum atomic E-state index is 13.5. The van der Waals surface area contributed by atoms with Crippen LogP contribution in [0.3, 0.4) is 0 Å². The highest BCUT2D eigenvalue weighted by molar-refractivity contribution is 5.14. The van der Waals surface area contributed by atoms with Gasteiger partial charge >= 0.3 is 0 Å². The van der Waals surface area contributed by atoms with Gasteiger partial charge in [-0.15, -0.1) is 0 Å². The van der Waals surface area contributed by atoms with Crippen molar-refractivity contribution in [3.63, 3.8) is 0 Å². The third kappa shape index (κ3) is 1.64. The van der Waals surface area contributed by atoms with E-state index in [4.69, 9.17) is 5.73 Å². The van der Waals surface area contributed by atoms with Gasteiger partial charge in [-0.1, -0.05) is 0 Å². The second kappa shape index (κ2) is 3.23. The Labute approximate surface area is 71.4 Å². The van der Waals surface area contributed by atoms with Crippen molar-refractivity contribution in [2.24, 2.45) is 5.73 Å². The summed E-state index contributed by atoms with van der Waals surface area (Å²) < 4.78 is 15.2. The molecule has 4 heteroatoms. The standard InChI is InChI=1S/C8H14FN3/c1-3-12-5-7(4-11-12)8(2,9)6-10/h4-5H,3,6,10H2,1-2H3. The van der Waals surface area contributed by atoms with E-state index < -0.39 is 5.67 Å². The number of halogens is 1. The van der Waals surface area contributed by atoms with Crippen molar-refractivity contribution < 1.29 is 4.39 Å². The van der Waals surface area contributed by atoms with E-state index in [9.17, 15) is 4.39 Å². The molecule has 0 spiro atoms. The van der Waals surface area contributed by atoms with Gasteiger partial charge in [0.25, 0.3) is 0 Å². The summed E-state index contributed by atoms with van der Waals surface area (Å²) in [7, 11) is 0. The molecule has 1 atom stereocenters. The number of aromatic nitrogens is 2. The fourth-order valence-electron chi connectivity index (χ4n) is 0.924. The predicted octanol–water partition coefficient (Wildman–Crippen LogP) is 1.05. The highest BCUT2D eigenvalue weighted by atomic mass is 19.1. The van der Waals surface area contributed by atoms with Gasteiger partial charge in [0.05, 0.1) is 6.20 Å². The summed E-state index contributed by atoms with van der Waals surface area (Å²) >= 11 is 0. The van der Waals surface area contributed by atoms with Gasteiger partial charge in [0.1, 0.15) is 5.67 Å². The normalized spacial score (nSPS) is 16.0. The molecule has 2 N–H and O–H groups in total. The van der Waals surface area contributed by atoms with Crippen molar-refractivity contribution in [1.29, 1.82) is 0 Å². The number of nitrogens with zero attached hydrogens (tertiary/aromatic N) is 2. The average Bonchev–Trinajstić information content (AvgIpc) is 2.52. The highest BCUT2D eigenvalue weighted by Crippen LogP contribution is 2.22. The summed E-state index contributed by atoms with van der Waals surface area (Å²) in [4.78, 5) is 0. The van der Waals surface area contributed by atoms with Crippen LogP contribution in [-0.4, -0.2) is 16.3 Å². The Morgan fingerprint density at radius 3 is 2.83 bits per heavy atom. The smallest absolute Gasteiger partial charge is 0.148 e. The summed E-state index contributed by atoms with van der Waals surface area (Å²) in [6.07, 6.45) is 3.21. The van der Waals surface area contributed by atoms with Crippen LogP contribution in [0.15, 0.2) is 12.4 Å². The monoisotopic (exact) mass is 171 g/mol. The fraction of sp³-hybridized carbons (Fsp3) is 0.625. The Hall–Kier alpha value is -0.900. The van der Waals surface area contributed by atoms with E-state index in [0.717, 1.165) is 6.54 Å². The first kappa shape index (κ1) is 9.19. The zero-order chi connectivity index (χ0) is 9.19. The molecule has 3 nitrogen and oxygen atoms in total. The first-order valence-electron chi connectivity index (χ1n) is 4.02. The molecule has 1 heterocycles. The topological polar surface area (TPSA) is 43.8 Å². The number of nitrogens with two attached hydrogens (primary N) is 1. The van der Waals surface area contributed by atoms with Crippen LogP contribution in [0.5, 0.6) is 0 Å². The quantitative estimate of drug-likeness (QED) is 0.738. The maximum Gasteiger partial charge on any atom is 0.148 e. The molecule has 0 radical (unpaired) electrons. The van der Waals surface area contributed by atoms with E-state index in [1.54, 1.807) is 10.9 Å². The van der Waals surface area contributed by atoms with Crippen molar-refractivity contribution in [3.8, 4) is 0 Å². The summed E-state index contributed by atoms with van der Waals surface area (Å²) in [6.45, 7) is 4.15. The van der Waals surface area contributed by atoms with Crippen LogP contribution in [0.1, 0.15) is 19.4 Å². The summed E-state index contributed by atoms with van der Waals surface area (Å²) in [5, 5.41) is 3.97. The van der Waals surface area contributed by atoms with E-state index in [-0.39, 0.29) is 6.54 Å². The zero-order valence-corrected chi connectivity index (χ0v) is 7.42. The summed E-state index contributed by atoms with van der Waals surface area (Å²) in [5.74, 6) is 0. The number of rotatable bonds is 3. The number of aryl methyl sites for hydroxylation is 1. The average molecular weight is 171 g/mol. The van der Waals surface area contributed by atoms with Crippen LogP contribution < -0.4 is 5.73 Å². The SMILES string of the molecule is CCn1cc(C(C)(F)CN)cn1. The predicted molar refractivity (Wildman–Crippen MR) is 45.4 cm³/mol. The van der Waals surface area contributed by atoms with Crippen LogP contribution >= 0.6 is 0 Å². The van der Waals surface area contributed by atoms with Gasteiger partial charge in [0.15, 0.2) is 0 Å². The second-order valence-corrected chi connectivity index (χ2v) is 2.99. The molecular formula is C8H14FN3. The minimum Gasteiger partial charge on any atom is -0.327 e. The molecule has 0 amide bonds. The van der Waals surface area contributed by atoms with Gasteiger partial charge in [-0.2, -0.15) is 5.10 Å². The van der Waals surface area contributed by atoms with Gasteiger partial charge in [0, 0.05) is 24.8 Å². The molecule has 0 fully saturated rings. The van der Waals surface area contributed by atoms with E-state index in [0.29, 0.717) is 5.56 Å². The molecule has 0 aliphatic rings. The van der Waals surface area contributed by atoms with Crippen LogP contribution in [0.25, 0.3) is 0 Å². The first-order chi connectivity index (χ1) is 5.60. The molecule has 0 aliphatic carbocycles. The molecule has 0 saturated carbocycles. The number of hydrogen-bond acceptors (Lipinski definition) is 2. The number of hydrogen-bond donors (Lipinski definition) is 1. The molecule has 12 heavy (non-hydrogen) atoms. The Morgan fingerprint density at radius 1 is 1.75 bits per heavy atom. The lowest BCUT2D eigenvalue weighted by Gasteiger charge is -2.14. The summed E-state index contributed by atoms with van der Waals surface area (Å²) in [6, 6.07) is 0. The summed E-state index contributed by atoms with van der Waals surface area (Å²) in [5.41, 5.74) is 4.37. The Balaban J connectivity index is 2.88. The molecule has 1 unspecified atom stereocenters. The first-order valence-corrected chi connectivity index (χ1v) is 4.02. The van der Waals surface area contributed by atoms with Gasteiger partial charge in [0.2, 0.25) is 0 Å². The van der Waals surface area contributed by atoms with Crippen LogP contribution in [-0.2, 0) is 12.2 Å². The maximum absolute atomic E-state index is 13.5. The minimum absolute atomic E-state index is 0.0115. The molecule has 1 aromatic heterocycles. The highest BCUT2D eigenvalue weighted by Gasteiger charge is 2.25. The van der Waals surface area contributed by atoms with Crippen LogP contribution in [0.2, 0.25) is 0 Å². The second-order valence-electron chi connectivity index (χ2n) is 2.99. The molecule has 0 aliphatic heterocycles. The van der Waals surface area contributed by atoms with E-state index in [1.165, 1.54) is 13.1 Å². The van der Waals surface area contributed by atoms with E-state index >= 15 is 0 Å². The largest absolute Gasteiger partial charge is 0.327 e. The Morgan fingerprint density at radius 2 is 2.42 bits per heavy atom. The third-order valence-corrected chi connectivity index (χ3v) is 1.94. The van der Waals surface area contributed by atoms with Crippen molar-refractivity contribution in [2.45, 2.75) is 26.1 Å². The molecule has 1 aromatic rings. The minimum atomic E-state index is -1.45. The van der Waals surface area contributed by atoms with Crippen molar-refractivity contribution in [2.75, 3.05) is 6.54 Å². The Kier molecular flexibility index (Phi) is 2.47. The van der Waals surface area contributed by atoms with Crippen molar-refractivity contribution >= 4 is 0 Å². The zero-order valence-electron chi connectivity index (χ0n) is 7.42. The van der Waals surface area contributed by atoms with Crippen molar-refractivity contribution in [3.05, 3.63) is 18.0 Å². The lowest BCUT2D eigenvalue weighted by Crippen LogP contribution is -2.26. The van der Waals surface area contributed by atoms with Gasteiger partial charge in [-0.3, -0.25) is 4.68 Å². The van der Waals surface area contributed by atoms with Gasteiger partial charge in [-0.05, 0) is 13.8 Å². The van der Waals surface area contributed by atoms with Crippen LogP contribution in [0.4, 0.5) is 4.39 Å². The molecule has 0 aromatic carbocycles.